The van der Waals surface area contributed by atoms with Crippen LogP contribution in [0, 0.1) is 6.92 Å². The molecule has 0 aromatic carbocycles. The van der Waals surface area contributed by atoms with Gasteiger partial charge in [0.1, 0.15) is 0 Å². The van der Waals surface area contributed by atoms with Crippen molar-refractivity contribution in [1.82, 2.24) is 5.32 Å². The molecule has 4 heteroatoms. The highest BCUT2D eigenvalue weighted by Gasteiger charge is 2.24. The van der Waals surface area contributed by atoms with Gasteiger partial charge in [-0.05, 0) is 23.9 Å². The van der Waals surface area contributed by atoms with Gasteiger partial charge in [0, 0.05) is 29.8 Å². The van der Waals surface area contributed by atoms with Crippen molar-refractivity contribution in [2.45, 2.75) is 32.6 Å². The summed E-state index contributed by atoms with van der Waals surface area (Å²) >= 11 is 1.75. The van der Waals surface area contributed by atoms with E-state index in [2.05, 4.69) is 37.5 Å². The number of carbonyl (C=O) groups excluding carboxylic acids is 1. The Kier molecular flexibility index (Phi) is 4.50. The summed E-state index contributed by atoms with van der Waals surface area (Å²) in [4.78, 5) is 12.7. The zero-order valence-corrected chi connectivity index (χ0v) is 11.0. The first-order valence-electron chi connectivity index (χ1n) is 5.48. The highest BCUT2D eigenvalue weighted by atomic mass is 32.1. The molecule has 0 atom stereocenters. The number of nitrogens with two attached hydrogens (primary N) is 1. The van der Waals surface area contributed by atoms with Crippen LogP contribution < -0.4 is 11.1 Å². The van der Waals surface area contributed by atoms with Crippen molar-refractivity contribution in [2.24, 2.45) is 5.73 Å². The first kappa shape index (κ1) is 13.2. The first-order chi connectivity index (χ1) is 7.47. The SMILES string of the molecule is Cc1ccsc1C(C)(C)CNC(=O)CCN. The van der Waals surface area contributed by atoms with Gasteiger partial charge in [-0.15, -0.1) is 11.3 Å². The van der Waals surface area contributed by atoms with E-state index in [1.165, 1.54) is 10.4 Å². The lowest BCUT2D eigenvalue weighted by atomic mass is 9.89. The molecule has 1 aromatic rings. The predicted octanol–water partition coefficient (Wildman–Crippen LogP) is 1.80. The van der Waals surface area contributed by atoms with Gasteiger partial charge in [0.15, 0.2) is 0 Å². The number of carbonyl (C=O) groups is 1. The molecule has 1 amide bonds. The van der Waals surface area contributed by atoms with Gasteiger partial charge in [0.2, 0.25) is 5.91 Å². The number of thiophene rings is 1. The molecule has 0 unspecified atom stereocenters. The summed E-state index contributed by atoms with van der Waals surface area (Å²) in [6.07, 6.45) is 0.402. The Morgan fingerprint density at radius 3 is 2.75 bits per heavy atom. The maximum absolute atomic E-state index is 11.4. The Morgan fingerprint density at radius 2 is 2.25 bits per heavy atom. The van der Waals surface area contributed by atoms with Crippen LogP contribution in [0.3, 0.4) is 0 Å². The van der Waals surface area contributed by atoms with Gasteiger partial charge in [0.25, 0.3) is 0 Å². The summed E-state index contributed by atoms with van der Waals surface area (Å²) in [6.45, 7) is 7.47. The number of rotatable bonds is 5. The lowest BCUT2D eigenvalue weighted by Gasteiger charge is -2.24. The summed E-state index contributed by atoms with van der Waals surface area (Å²) in [6, 6.07) is 2.11. The molecule has 3 nitrogen and oxygen atoms in total. The fourth-order valence-corrected chi connectivity index (χ4v) is 2.74. The summed E-state index contributed by atoms with van der Waals surface area (Å²) in [5.74, 6) is 0.0322. The van der Waals surface area contributed by atoms with Crippen LogP contribution in [0.4, 0.5) is 0 Å². The fourth-order valence-electron chi connectivity index (χ4n) is 1.69. The standard InChI is InChI=1S/C12H20N2OS/c1-9-5-7-16-11(9)12(2,3)8-14-10(15)4-6-13/h5,7H,4,6,8,13H2,1-3H3,(H,14,15). The van der Waals surface area contributed by atoms with E-state index >= 15 is 0 Å². The van der Waals surface area contributed by atoms with Crippen molar-refractivity contribution in [3.8, 4) is 0 Å². The lowest BCUT2D eigenvalue weighted by Crippen LogP contribution is -2.37. The summed E-state index contributed by atoms with van der Waals surface area (Å²) in [7, 11) is 0. The molecule has 90 valence electrons. The molecule has 16 heavy (non-hydrogen) atoms. The molecule has 1 heterocycles. The minimum absolute atomic E-state index is 0.0114. The van der Waals surface area contributed by atoms with Crippen molar-refractivity contribution in [3.05, 3.63) is 21.9 Å². The number of hydrogen-bond acceptors (Lipinski definition) is 3. The van der Waals surface area contributed by atoms with Gasteiger partial charge >= 0.3 is 0 Å². The molecular formula is C12H20N2OS. The lowest BCUT2D eigenvalue weighted by molar-refractivity contribution is -0.121. The van der Waals surface area contributed by atoms with E-state index in [0.29, 0.717) is 19.5 Å². The largest absolute Gasteiger partial charge is 0.355 e. The molecule has 0 fully saturated rings. The second-order valence-electron chi connectivity index (χ2n) is 4.63. The molecule has 0 bridgehead atoms. The van der Waals surface area contributed by atoms with Gasteiger partial charge < -0.3 is 11.1 Å². The number of amides is 1. The smallest absolute Gasteiger partial charge is 0.221 e. The van der Waals surface area contributed by atoms with E-state index in [1.807, 2.05) is 0 Å². The van der Waals surface area contributed by atoms with E-state index in [0.717, 1.165) is 0 Å². The van der Waals surface area contributed by atoms with Gasteiger partial charge in [-0.25, -0.2) is 0 Å². The van der Waals surface area contributed by atoms with Crippen LogP contribution in [0.15, 0.2) is 11.4 Å². The molecule has 0 radical (unpaired) electrons. The number of aryl methyl sites for hydroxylation is 1. The number of nitrogens with one attached hydrogen (secondary N) is 1. The molecule has 0 saturated heterocycles. The average Bonchev–Trinajstić information content (AvgIpc) is 2.63. The maximum atomic E-state index is 11.4. The molecule has 1 aromatic heterocycles. The fraction of sp³-hybridized carbons (Fsp3) is 0.583. The Bertz CT molecular complexity index is 358. The van der Waals surface area contributed by atoms with E-state index < -0.39 is 0 Å². The summed E-state index contributed by atoms with van der Waals surface area (Å²) < 4.78 is 0. The zero-order valence-electron chi connectivity index (χ0n) is 10.2. The molecule has 0 aliphatic rings. The van der Waals surface area contributed by atoms with Crippen LogP contribution in [-0.4, -0.2) is 19.0 Å². The second-order valence-corrected chi connectivity index (χ2v) is 5.55. The third-order valence-corrected chi connectivity index (χ3v) is 3.96. The van der Waals surface area contributed by atoms with Crippen molar-refractivity contribution in [1.29, 1.82) is 0 Å². The summed E-state index contributed by atoms with van der Waals surface area (Å²) in [5.41, 5.74) is 6.61. The van der Waals surface area contributed by atoms with Crippen LogP contribution in [-0.2, 0) is 10.2 Å². The van der Waals surface area contributed by atoms with Crippen LogP contribution >= 0.6 is 11.3 Å². The molecule has 1 rings (SSSR count). The third-order valence-electron chi connectivity index (χ3n) is 2.58. The topological polar surface area (TPSA) is 55.1 Å². The highest BCUT2D eigenvalue weighted by molar-refractivity contribution is 7.10. The van der Waals surface area contributed by atoms with Crippen molar-refractivity contribution >= 4 is 17.2 Å². The Morgan fingerprint density at radius 1 is 1.56 bits per heavy atom. The van der Waals surface area contributed by atoms with Crippen LogP contribution in [0.25, 0.3) is 0 Å². The van der Waals surface area contributed by atoms with Crippen LogP contribution in [0.2, 0.25) is 0 Å². The highest BCUT2D eigenvalue weighted by Crippen LogP contribution is 2.30. The van der Waals surface area contributed by atoms with Crippen molar-refractivity contribution < 1.29 is 4.79 Å². The van der Waals surface area contributed by atoms with Crippen LogP contribution in [0.5, 0.6) is 0 Å². The summed E-state index contributed by atoms with van der Waals surface area (Å²) in [5, 5.41) is 5.02. The molecule has 0 saturated carbocycles. The van der Waals surface area contributed by atoms with Crippen molar-refractivity contribution in [3.63, 3.8) is 0 Å². The van der Waals surface area contributed by atoms with Gasteiger partial charge in [-0.1, -0.05) is 13.8 Å². The van der Waals surface area contributed by atoms with E-state index in [4.69, 9.17) is 5.73 Å². The van der Waals surface area contributed by atoms with Crippen LogP contribution in [0.1, 0.15) is 30.7 Å². The Balaban J connectivity index is 2.59. The van der Waals surface area contributed by atoms with E-state index in [9.17, 15) is 4.79 Å². The van der Waals surface area contributed by atoms with E-state index in [-0.39, 0.29) is 11.3 Å². The van der Waals surface area contributed by atoms with Gasteiger partial charge in [-0.2, -0.15) is 0 Å². The normalized spacial score (nSPS) is 11.5. The molecule has 0 spiro atoms. The second kappa shape index (κ2) is 5.46. The monoisotopic (exact) mass is 240 g/mol. The first-order valence-corrected chi connectivity index (χ1v) is 6.36. The third kappa shape index (κ3) is 3.32. The minimum Gasteiger partial charge on any atom is -0.355 e. The molecule has 3 N–H and O–H groups in total. The maximum Gasteiger partial charge on any atom is 0.221 e. The minimum atomic E-state index is -0.0114. The van der Waals surface area contributed by atoms with Gasteiger partial charge in [-0.3, -0.25) is 4.79 Å². The molecule has 0 aliphatic heterocycles. The average molecular weight is 240 g/mol. The van der Waals surface area contributed by atoms with Gasteiger partial charge in [0.05, 0.1) is 0 Å². The van der Waals surface area contributed by atoms with Crippen molar-refractivity contribution in [2.75, 3.05) is 13.1 Å². The quantitative estimate of drug-likeness (QED) is 0.824. The Labute approximate surface area is 101 Å². The predicted molar refractivity (Wildman–Crippen MR) is 68.8 cm³/mol. The number of hydrogen-bond donors (Lipinski definition) is 2. The zero-order chi connectivity index (χ0) is 12.2. The Hall–Kier alpha value is -0.870. The molecule has 0 aliphatic carbocycles. The molecular weight excluding hydrogens is 220 g/mol. The van der Waals surface area contributed by atoms with E-state index in [1.54, 1.807) is 11.3 Å².